The van der Waals surface area contributed by atoms with E-state index in [4.69, 9.17) is 27.9 Å². The first-order valence-corrected chi connectivity index (χ1v) is 11.3. The Bertz CT molecular complexity index is 1030. The molecular formula is C22H19Cl2N3O2S. The van der Waals surface area contributed by atoms with Crippen molar-refractivity contribution in [2.75, 3.05) is 24.1 Å². The van der Waals surface area contributed by atoms with Crippen LogP contribution in [-0.2, 0) is 4.79 Å². The van der Waals surface area contributed by atoms with Gasteiger partial charge in [-0.1, -0.05) is 41.0 Å². The fraction of sp³-hybridized carbons (Fsp3) is 0.273. The minimum atomic E-state index is -0.431. The monoisotopic (exact) mass is 459 g/mol. The number of thioether (sulfide) groups is 1. The van der Waals surface area contributed by atoms with Crippen LogP contribution in [0.3, 0.4) is 0 Å². The molecule has 1 saturated heterocycles. The van der Waals surface area contributed by atoms with E-state index in [-0.39, 0.29) is 12.3 Å². The first kappa shape index (κ1) is 20.9. The van der Waals surface area contributed by atoms with E-state index in [2.05, 4.69) is 11.0 Å². The van der Waals surface area contributed by atoms with E-state index in [0.717, 1.165) is 11.4 Å². The molecule has 0 radical (unpaired) electrons. The second-order valence-corrected chi connectivity index (χ2v) is 8.67. The van der Waals surface area contributed by atoms with Crippen LogP contribution in [0.4, 0.5) is 5.69 Å². The first-order valence-electron chi connectivity index (χ1n) is 9.52. The molecule has 1 atom stereocenters. The third-order valence-corrected chi connectivity index (χ3v) is 6.97. The number of benzene rings is 2. The predicted molar refractivity (Wildman–Crippen MR) is 121 cm³/mol. The van der Waals surface area contributed by atoms with Crippen molar-refractivity contribution >= 4 is 46.6 Å². The lowest BCUT2D eigenvalue weighted by molar-refractivity contribution is -0.129. The Kier molecular flexibility index (Phi) is 6.14. The molecule has 1 amide bonds. The van der Waals surface area contributed by atoms with Gasteiger partial charge in [0.25, 0.3) is 0 Å². The average Bonchev–Trinajstić information content (AvgIpc) is 2.74. The molecule has 0 N–H and O–H groups in total. The molecule has 4 rings (SSSR count). The number of halogens is 2. The molecule has 0 saturated carbocycles. The van der Waals surface area contributed by atoms with Crippen LogP contribution in [0.5, 0.6) is 5.75 Å². The number of nitriles is 1. The highest BCUT2D eigenvalue weighted by molar-refractivity contribution is 8.03. The van der Waals surface area contributed by atoms with Crippen molar-refractivity contribution in [1.82, 2.24) is 4.90 Å². The summed E-state index contributed by atoms with van der Waals surface area (Å²) in [5, 5.41) is 11.6. The topological polar surface area (TPSA) is 56.6 Å². The summed E-state index contributed by atoms with van der Waals surface area (Å²) in [4.78, 5) is 16.8. The zero-order valence-corrected chi connectivity index (χ0v) is 18.6. The predicted octanol–water partition coefficient (Wildman–Crippen LogP) is 5.61. The van der Waals surface area contributed by atoms with Crippen LogP contribution in [0.2, 0.25) is 10.0 Å². The lowest BCUT2D eigenvalue weighted by Crippen LogP contribution is -2.47. The van der Waals surface area contributed by atoms with Gasteiger partial charge in [-0.3, -0.25) is 9.69 Å². The van der Waals surface area contributed by atoms with E-state index < -0.39 is 5.92 Å². The Balaban J connectivity index is 1.64. The molecule has 0 spiro atoms. The van der Waals surface area contributed by atoms with Crippen LogP contribution >= 0.6 is 35.0 Å². The molecule has 154 valence electrons. The van der Waals surface area contributed by atoms with Crippen LogP contribution in [0.1, 0.15) is 24.8 Å². The van der Waals surface area contributed by atoms with E-state index >= 15 is 0 Å². The average molecular weight is 460 g/mol. The number of anilines is 1. The first-order chi connectivity index (χ1) is 14.5. The zero-order valence-electron chi connectivity index (χ0n) is 16.3. The van der Waals surface area contributed by atoms with Crippen LogP contribution in [0.25, 0.3) is 0 Å². The molecule has 0 bridgehead atoms. The molecule has 2 aromatic carbocycles. The highest BCUT2D eigenvalue weighted by Crippen LogP contribution is 2.46. The Labute approximate surface area is 189 Å². The van der Waals surface area contributed by atoms with Gasteiger partial charge in [-0.2, -0.15) is 5.26 Å². The molecule has 2 aliphatic heterocycles. The van der Waals surface area contributed by atoms with Gasteiger partial charge in [-0.05, 0) is 48.9 Å². The van der Waals surface area contributed by atoms with Crippen molar-refractivity contribution in [3.05, 3.63) is 68.7 Å². The van der Waals surface area contributed by atoms with Gasteiger partial charge < -0.3 is 9.64 Å². The Morgan fingerprint density at radius 1 is 1.20 bits per heavy atom. The number of amides is 1. The maximum atomic E-state index is 13.0. The molecule has 2 aliphatic rings. The van der Waals surface area contributed by atoms with Gasteiger partial charge in [0.1, 0.15) is 5.75 Å². The van der Waals surface area contributed by atoms with Crippen molar-refractivity contribution < 1.29 is 9.53 Å². The van der Waals surface area contributed by atoms with E-state index in [0.29, 0.717) is 45.4 Å². The number of fused-ring (bicyclic) bond motifs is 1. The number of ether oxygens (including phenoxy) is 1. The highest BCUT2D eigenvalue weighted by atomic mass is 35.5. The third-order valence-electron chi connectivity index (χ3n) is 5.15. The highest BCUT2D eigenvalue weighted by Gasteiger charge is 2.39. The minimum absolute atomic E-state index is 0.0480. The van der Waals surface area contributed by atoms with E-state index in [9.17, 15) is 10.1 Å². The van der Waals surface area contributed by atoms with Crippen LogP contribution in [-0.4, -0.2) is 30.0 Å². The lowest BCUT2D eigenvalue weighted by atomic mass is 9.86. The molecule has 2 aromatic rings. The van der Waals surface area contributed by atoms with E-state index in [1.165, 1.54) is 11.8 Å². The fourth-order valence-corrected chi connectivity index (χ4v) is 5.56. The SMILES string of the molecule is CCOc1ccc(N2CSC3=C(C#N)C(c4c(Cl)cccc4Cl)CC(=O)N3C2)cc1. The smallest absolute Gasteiger partial charge is 0.229 e. The Morgan fingerprint density at radius 3 is 2.53 bits per heavy atom. The second-order valence-electron chi connectivity index (χ2n) is 6.93. The number of nitrogens with zero attached hydrogens (tertiary/aromatic N) is 3. The molecule has 0 aromatic heterocycles. The maximum absolute atomic E-state index is 13.0. The molecule has 30 heavy (non-hydrogen) atoms. The number of hydrogen-bond acceptors (Lipinski definition) is 5. The summed E-state index contributed by atoms with van der Waals surface area (Å²) in [6.45, 7) is 2.95. The van der Waals surface area contributed by atoms with Crippen molar-refractivity contribution in [1.29, 1.82) is 5.26 Å². The summed E-state index contributed by atoms with van der Waals surface area (Å²) >= 11 is 14.2. The molecule has 8 heteroatoms. The Morgan fingerprint density at radius 2 is 1.90 bits per heavy atom. The number of carbonyl (C=O) groups is 1. The molecule has 1 fully saturated rings. The zero-order chi connectivity index (χ0) is 21.3. The van der Waals surface area contributed by atoms with Crippen LogP contribution in [0, 0.1) is 11.3 Å². The largest absolute Gasteiger partial charge is 0.494 e. The van der Waals surface area contributed by atoms with Gasteiger partial charge in [0, 0.05) is 28.1 Å². The summed E-state index contributed by atoms with van der Waals surface area (Å²) in [5.74, 6) is 0.959. The van der Waals surface area contributed by atoms with Gasteiger partial charge in [0.15, 0.2) is 0 Å². The lowest BCUT2D eigenvalue weighted by Gasteiger charge is -2.42. The van der Waals surface area contributed by atoms with Gasteiger partial charge in [-0.25, -0.2) is 0 Å². The van der Waals surface area contributed by atoms with E-state index in [1.54, 1.807) is 23.1 Å². The molecule has 2 heterocycles. The molecular weight excluding hydrogens is 441 g/mol. The normalized spacial score (nSPS) is 18.9. The number of carbonyl (C=O) groups excluding carboxylic acids is 1. The fourth-order valence-electron chi connectivity index (χ4n) is 3.74. The number of allylic oxidation sites excluding steroid dienone is 1. The van der Waals surface area contributed by atoms with Crippen molar-refractivity contribution in [3.8, 4) is 11.8 Å². The number of hydrogen-bond donors (Lipinski definition) is 0. The molecule has 1 unspecified atom stereocenters. The molecule has 0 aliphatic carbocycles. The standard InChI is InChI=1S/C22H19Cl2N3O2S/c1-2-29-15-8-6-14(7-9-15)26-12-27-20(28)10-16(17(11-25)22(27)30-13-26)21-18(23)4-3-5-19(21)24/h3-9,16H,2,10,12-13H2,1H3. The third kappa shape index (κ3) is 3.85. The minimum Gasteiger partial charge on any atom is -0.494 e. The van der Waals surface area contributed by atoms with Gasteiger partial charge >= 0.3 is 0 Å². The summed E-state index contributed by atoms with van der Waals surface area (Å²) in [6.07, 6.45) is 0.160. The van der Waals surface area contributed by atoms with Crippen LogP contribution in [0.15, 0.2) is 53.1 Å². The summed E-state index contributed by atoms with van der Waals surface area (Å²) in [7, 11) is 0. The quantitative estimate of drug-likeness (QED) is 0.594. The van der Waals surface area contributed by atoms with Crippen molar-refractivity contribution in [2.24, 2.45) is 0 Å². The second kappa shape index (κ2) is 8.81. The van der Waals surface area contributed by atoms with Gasteiger partial charge in [-0.15, -0.1) is 0 Å². The van der Waals surface area contributed by atoms with E-state index in [1.807, 2.05) is 31.2 Å². The van der Waals surface area contributed by atoms with Gasteiger partial charge in [0.2, 0.25) is 5.91 Å². The summed E-state index contributed by atoms with van der Waals surface area (Å²) in [5.41, 5.74) is 2.18. The number of rotatable bonds is 4. The van der Waals surface area contributed by atoms with Crippen molar-refractivity contribution in [3.63, 3.8) is 0 Å². The Hall–Kier alpha value is -2.33. The van der Waals surface area contributed by atoms with Crippen molar-refractivity contribution in [2.45, 2.75) is 19.3 Å². The summed E-state index contributed by atoms with van der Waals surface area (Å²) in [6, 6.07) is 15.3. The maximum Gasteiger partial charge on any atom is 0.229 e. The molecule has 5 nitrogen and oxygen atoms in total. The summed E-state index contributed by atoms with van der Waals surface area (Å²) < 4.78 is 5.50. The van der Waals surface area contributed by atoms with Gasteiger partial charge in [0.05, 0.1) is 35.8 Å². The van der Waals surface area contributed by atoms with Crippen LogP contribution < -0.4 is 9.64 Å².